The molecular weight excluding hydrogens is 409 g/mol. The van der Waals surface area contributed by atoms with Crippen LogP contribution in [0.4, 0.5) is 5.69 Å². The Balaban J connectivity index is 2.22. The molecule has 0 saturated carbocycles. The normalized spacial score (nSPS) is 10.1. The van der Waals surface area contributed by atoms with Gasteiger partial charge in [-0.2, -0.15) is 0 Å². The molecule has 2 N–H and O–H groups in total. The van der Waals surface area contributed by atoms with Crippen LogP contribution in [-0.4, -0.2) is 11.0 Å². The van der Waals surface area contributed by atoms with Crippen molar-refractivity contribution in [1.29, 1.82) is 0 Å². The van der Waals surface area contributed by atoms with Crippen LogP contribution in [0.15, 0.2) is 46.9 Å². The lowest BCUT2D eigenvalue weighted by atomic mass is 10.2. The van der Waals surface area contributed by atoms with E-state index < -0.39 is 0 Å². The third-order valence-corrected chi connectivity index (χ3v) is 3.90. The lowest BCUT2D eigenvalue weighted by Gasteiger charge is -2.07. The number of halogens is 2. The van der Waals surface area contributed by atoms with Crippen LogP contribution in [0.5, 0.6) is 5.75 Å². The van der Waals surface area contributed by atoms with Gasteiger partial charge in [0.05, 0.1) is 10.0 Å². The van der Waals surface area contributed by atoms with E-state index in [9.17, 15) is 9.90 Å². The SMILES string of the molecule is O=C(Nc1ccc(O)c(Br)c1)c1ccccc1I. The van der Waals surface area contributed by atoms with Gasteiger partial charge in [-0.3, -0.25) is 4.79 Å². The van der Waals surface area contributed by atoms with Crippen LogP contribution in [-0.2, 0) is 0 Å². The Kier molecular flexibility index (Phi) is 4.23. The quantitative estimate of drug-likeness (QED) is 0.572. The number of phenolic OH excluding ortho intramolecular Hbond substituents is 1. The number of anilines is 1. The fourth-order valence-corrected chi connectivity index (χ4v) is 2.44. The summed E-state index contributed by atoms with van der Waals surface area (Å²) in [6.07, 6.45) is 0. The average Bonchev–Trinajstić information content (AvgIpc) is 2.34. The van der Waals surface area contributed by atoms with Crippen LogP contribution in [0.2, 0.25) is 0 Å². The summed E-state index contributed by atoms with van der Waals surface area (Å²) in [6, 6.07) is 12.2. The van der Waals surface area contributed by atoms with Gasteiger partial charge in [0.25, 0.3) is 5.91 Å². The largest absolute Gasteiger partial charge is 0.507 e. The van der Waals surface area contributed by atoms with Gasteiger partial charge in [-0.05, 0) is 68.9 Å². The standard InChI is InChI=1S/C13H9BrINO2/c14-10-7-8(5-6-12(10)17)16-13(18)9-3-1-2-4-11(9)15/h1-7,17H,(H,16,18). The van der Waals surface area contributed by atoms with Crippen molar-refractivity contribution in [2.45, 2.75) is 0 Å². The van der Waals surface area contributed by atoms with Crippen LogP contribution in [0, 0.1) is 3.57 Å². The fraction of sp³-hybridized carbons (Fsp3) is 0. The molecule has 2 rings (SSSR count). The minimum Gasteiger partial charge on any atom is -0.507 e. The molecule has 0 fully saturated rings. The van der Waals surface area contributed by atoms with Gasteiger partial charge in [0.15, 0.2) is 0 Å². The van der Waals surface area contributed by atoms with Crippen LogP contribution < -0.4 is 5.32 Å². The number of nitrogens with one attached hydrogen (secondary N) is 1. The second kappa shape index (κ2) is 5.71. The van der Waals surface area contributed by atoms with E-state index in [0.717, 1.165) is 3.57 Å². The first-order valence-electron chi connectivity index (χ1n) is 5.12. The molecule has 18 heavy (non-hydrogen) atoms. The predicted molar refractivity (Wildman–Crippen MR) is 82.9 cm³/mol. The minimum atomic E-state index is -0.169. The summed E-state index contributed by atoms with van der Waals surface area (Å²) in [5.41, 5.74) is 1.26. The maximum atomic E-state index is 12.0. The van der Waals surface area contributed by atoms with E-state index in [0.29, 0.717) is 15.7 Å². The van der Waals surface area contributed by atoms with E-state index >= 15 is 0 Å². The molecule has 0 atom stereocenters. The number of phenols is 1. The molecule has 0 radical (unpaired) electrons. The first kappa shape index (κ1) is 13.4. The Morgan fingerprint density at radius 2 is 1.94 bits per heavy atom. The van der Waals surface area contributed by atoms with Crippen molar-refractivity contribution in [3.05, 3.63) is 56.1 Å². The molecule has 0 aliphatic heterocycles. The van der Waals surface area contributed by atoms with Crippen molar-refractivity contribution in [1.82, 2.24) is 0 Å². The van der Waals surface area contributed by atoms with E-state index in [1.54, 1.807) is 18.2 Å². The van der Waals surface area contributed by atoms with Gasteiger partial charge in [0.2, 0.25) is 0 Å². The summed E-state index contributed by atoms with van der Waals surface area (Å²) >= 11 is 5.32. The topological polar surface area (TPSA) is 49.3 Å². The third-order valence-electron chi connectivity index (χ3n) is 2.32. The number of carbonyl (C=O) groups is 1. The lowest BCUT2D eigenvalue weighted by molar-refractivity contribution is 0.102. The molecule has 2 aromatic rings. The maximum absolute atomic E-state index is 12.0. The first-order valence-corrected chi connectivity index (χ1v) is 6.99. The van der Waals surface area contributed by atoms with Crippen molar-refractivity contribution in [3.63, 3.8) is 0 Å². The summed E-state index contributed by atoms with van der Waals surface area (Å²) in [5, 5.41) is 12.2. The summed E-state index contributed by atoms with van der Waals surface area (Å²) in [5.74, 6) is -0.0279. The number of rotatable bonds is 2. The smallest absolute Gasteiger partial charge is 0.256 e. The van der Waals surface area contributed by atoms with Gasteiger partial charge in [-0.1, -0.05) is 12.1 Å². The van der Waals surface area contributed by atoms with E-state index in [-0.39, 0.29) is 11.7 Å². The van der Waals surface area contributed by atoms with Crippen LogP contribution in [0.25, 0.3) is 0 Å². The molecule has 0 aliphatic carbocycles. The van der Waals surface area contributed by atoms with Crippen LogP contribution in [0.3, 0.4) is 0 Å². The van der Waals surface area contributed by atoms with Crippen LogP contribution in [0.1, 0.15) is 10.4 Å². The van der Waals surface area contributed by atoms with Crippen molar-refractivity contribution in [2.24, 2.45) is 0 Å². The van der Waals surface area contributed by atoms with Gasteiger partial charge in [-0.15, -0.1) is 0 Å². The van der Waals surface area contributed by atoms with Gasteiger partial charge in [0, 0.05) is 9.26 Å². The van der Waals surface area contributed by atoms with Gasteiger partial charge in [0.1, 0.15) is 5.75 Å². The van der Waals surface area contributed by atoms with E-state index in [4.69, 9.17) is 0 Å². The molecule has 1 amide bonds. The zero-order chi connectivity index (χ0) is 13.1. The average molecular weight is 418 g/mol. The molecule has 0 aromatic heterocycles. The highest BCUT2D eigenvalue weighted by molar-refractivity contribution is 14.1. The molecule has 0 heterocycles. The number of hydrogen-bond donors (Lipinski definition) is 2. The molecule has 5 heteroatoms. The molecule has 0 saturated heterocycles. The zero-order valence-corrected chi connectivity index (χ0v) is 12.9. The number of carbonyl (C=O) groups excluding carboxylic acids is 1. The number of hydrogen-bond acceptors (Lipinski definition) is 2. The monoisotopic (exact) mass is 417 g/mol. The molecule has 0 spiro atoms. The number of amides is 1. The Morgan fingerprint density at radius 1 is 1.22 bits per heavy atom. The van der Waals surface area contributed by atoms with E-state index in [1.165, 1.54) is 6.07 Å². The Morgan fingerprint density at radius 3 is 2.61 bits per heavy atom. The summed E-state index contributed by atoms with van der Waals surface area (Å²) < 4.78 is 1.44. The highest BCUT2D eigenvalue weighted by atomic mass is 127. The maximum Gasteiger partial charge on any atom is 0.256 e. The molecular formula is C13H9BrINO2. The van der Waals surface area contributed by atoms with Crippen molar-refractivity contribution in [3.8, 4) is 5.75 Å². The molecule has 0 aliphatic rings. The van der Waals surface area contributed by atoms with Gasteiger partial charge < -0.3 is 10.4 Å². The second-order valence-electron chi connectivity index (χ2n) is 3.60. The Hall–Kier alpha value is -1.08. The first-order chi connectivity index (χ1) is 8.58. The highest BCUT2D eigenvalue weighted by Crippen LogP contribution is 2.27. The Bertz CT molecular complexity index is 601. The zero-order valence-electron chi connectivity index (χ0n) is 9.15. The second-order valence-corrected chi connectivity index (χ2v) is 5.62. The molecule has 92 valence electrons. The van der Waals surface area contributed by atoms with Gasteiger partial charge >= 0.3 is 0 Å². The highest BCUT2D eigenvalue weighted by Gasteiger charge is 2.10. The molecule has 3 nitrogen and oxygen atoms in total. The predicted octanol–water partition coefficient (Wildman–Crippen LogP) is 4.01. The molecule has 2 aromatic carbocycles. The van der Waals surface area contributed by atoms with E-state index in [1.807, 2.05) is 18.2 Å². The van der Waals surface area contributed by atoms with Gasteiger partial charge in [-0.25, -0.2) is 0 Å². The Labute approximate surface area is 126 Å². The minimum absolute atomic E-state index is 0.141. The fourth-order valence-electron chi connectivity index (χ4n) is 1.43. The summed E-state index contributed by atoms with van der Waals surface area (Å²) in [6.45, 7) is 0. The lowest BCUT2D eigenvalue weighted by Crippen LogP contribution is -2.13. The third kappa shape index (κ3) is 3.02. The number of aromatic hydroxyl groups is 1. The van der Waals surface area contributed by atoms with E-state index in [2.05, 4.69) is 43.8 Å². The summed E-state index contributed by atoms with van der Waals surface area (Å²) in [4.78, 5) is 12.0. The summed E-state index contributed by atoms with van der Waals surface area (Å²) in [7, 11) is 0. The van der Waals surface area contributed by atoms with Crippen LogP contribution >= 0.6 is 38.5 Å². The molecule has 0 bridgehead atoms. The van der Waals surface area contributed by atoms with Crippen molar-refractivity contribution >= 4 is 50.1 Å². The number of benzene rings is 2. The molecule has 0 unspecified atom stereocenters. The van der Waals surface area contributed by atoms with Crippen molar-refractivity contribution in [2.75, 3.05) is 5.32 Å². The van der Waals surface area contributed by atoms with Crippen molar-refractivity contribution < 1.29 is 9.90 Å².